The minimum atomic E-state index is -0.446. The van der Waals surface area contributed by atoms with E-state index in [2.05, 4.69) is 10.2 Å². The number of likely N-dealkylation sites (tertiary alicyclic amines) is 1. The Bertz CT molecular complexity index is 205. The fraction of sp³-hybridized carbons (Fsp3) is 0.909. The summed E-state index contributed by atoms with van der Waals surface area (Å²) in [5.74, 6) is 0. The number of aliphatic hydroxyl groups is 1. The lowest BCUT2D eigenvalue weighted by Crippen LogP contribution is -2.44. The molecule has 5 nitrogen and oxygen atoms in total. The predicted molar refractivity (Wildman–Crippen MR) is 61.3 cm³/mol. The van der Waals surface area contributed by atoms with Gasteiger partial charge in [-0.1, -0.05) is 6.42 Å². The number of nitrogens with zero attached hydrogens (tertiary/aromatic N) is 1. The fourth-order valence-corrected chi connectivity index (χ4v) is 1.96. The van der Waals surface area contributed by atoms with Crippen LogP contribution < -0.4 is 5.32 Å². The average molecular weight is 230 g/mol. The summed E-state index contributed by atoms with van der Waals surface area (Å²) >= 11 is 0. The second-order valence-electron chi connectivity index (χ2n) is 4.27. The number of aliphatic hydroxyl groups excluding tert-OH is 1. The highest BCUT2D eigenvalue weighted by atomic mass is 16.6. The lowest BCUT2D eigenvalue weighted by molar-refractivity contribution is 0.113. The summed E-state index contributed by atoms with van der Waals surface area (Å²) in [6.45, 7) is 5.01. The third kappa shape index (κ3) is 5.32. The van der Waals surface area contributed by atoms with Crippen molar-refractivity contribution in [3.63, 3.8) is 0 Å². The number of rotatable bonds is 5. The van der Waals surface area contributed by atoms with Gasteiger partial charge in [-0.15, -0.1) is 0 Å². The maximum atomic E-state index is 11.2. The van der Waals surface area contributed by atoms with Crippen molar-refractivity contribution in [2.24, 2.45) is 0 Å². The molecule has 0 aliphatic carbocycles. The Labute approximate surface area is 96.8 Å². The van der Waals surface area contributed by atoms with Crippen LogP contribution in [-0.2, 0) is 4.74 Å². The maximum absolute atomic E-state index is 11.2. The van der Waals surface area contributed by atoms with Gasteiger partial charge in [-0.3, -0.25) is 0 Å². The highest BCUT2D eigenvalue weighted by Crippen LogP contribution is 2.08. The van der Waals surface area contributed by atoms with Crippen LogP contribution in [0.4, 0.5) is 4.79 Å². The molecule has 0 bridgehead atoms. The molecule has 1 aliphatic heterocycles. The van der Waals surface area contributed by atoms with E-state index in [1.807, 2.05) is 6.92 Å². The van der Waals surface area contributed by atoms with Crippen LogP contribution in [0.15, 0.2) is 0 Å². The Morgan fingerprint density at radius 1 is 1.44 bits per heavy atom. The van der Waals surface area contributed by atoms with E-state index in [0.29, 0.717) is 0 Å². The zero-order valence-electron chi connectivity index (χ0n) is 9.95. The van der Waals surface area contributed by atoms with Crippen LogP contribution in [0.5, 0.6) is 0 Å². The SMILES string of the molecule is CC(CN1CCCCC1)NC(=O)OCCO. The quantitative estimate of drug-likeness (QED) is 0.725. The molecule has 0 aromatic heterocycles. The number of carbonyl (C=O) groups excluding carboxylic acids is 1. The molecule has 0 spiro atoms. The van der Waals surface area contributed by atoms with Crippen LogP contribution in [0.3, 0.4) is 0 Å². The Kier molecular flexibility index (Phi) is 6.18. The molecular formula is C11H22N2O3. The number of hydrogen-bond acceptors (Lipinski definition) is 4. The first-order valence-electron chi connectivity index (χ1n) is 5.99. The second kappa shape index (κ2) is 7.46. The first-order valence-corrected chi connectivity index (χ1v) is 5.99. The zero-order valence-corrected chi connectivity index (χ0v) is 9.95. The van der Waals surface area contributed by atoms with Crippen molar-refractivity contribution < 1.29 is 14.6 Å². The maximum Gasteiger partial charge on any atom is 0.407 e. The monoisotopic (exact) mass is 230 g/mol. The number of piperidine rings is 1. The molecule has 0 saturated carbocycles. The molecular weight excluding hydrogens is 208 g/mol. The predicted octanol–water partition coefficient (Wildman–Crippen LogP) is 0.579. The van der Waals surface area contributed by atoms with Crippen LogP contribution in [0.1, 0.15) is 26.2 Å². The van der Waals surface area contributed by atoms with Crippen molar-refractivity contribution in [3.8, 4) is 0 Å². The molecule has 1 heterocycles. The molecule has 5 heteroatoms. The van der Waals surface area contributed by atoms with Gasteiger partial charge < -0.3 is 20.1 Å². The minimum Gasteiger partial charge on any atom is -0.447 e. The molecule has 0 aromatic rings. The van der Waals surface area contributed by atoms with Crippen LogP contribution in [0.25, 0.3) is 0 Å². The highest BCUT2D eigenvalue weighted by Gasteiger charge is 2.15. The van der Waals surface area contributed by atoms with Gasteiger partial charge in [0.25, 0.3) is 0 Å². The third-order valence-electron chi connectivity index (χ3n) is 2.67. The van der Waals surface area contributed by atoms with Gasteiger partial charge in [0.05, 0.1) is 6.61 Å². The molecule has 1 unspecified atom stereocenters. The summed E-state index contributed by atoms with van der Waals surface area (Å²) in [4.78, 5) is 13.6. The molecule has 1 rings (SSSR count). The van der Waals surface area contributed by atoms with E-state index in [4.69, 9.17) is 9.84 Å². The molecule has 1 saturated heterocycles. The largest absolute Gasteiger partial charge is 0.447 e. The highest BCUT2D eigenvalue weighted by molar-refractivity contribution is 5.67. The topological polar surface area (TPSA) is 61.8 Å². The van der Waals surface area contributed by atoms with E-state index in [-0.39, 0.29) is 19.3 Å². The average Bonchev–Trinajstić information content (AvgIpc) is 2.27. The lowest BCUT2D eigenvalue weighted by Gasteiger charge is -2.29. The molecule has 2 N–H and O–H groups in total. The van der Waals surface area contributed by atoms with Crippen molar-refractivity contribution in [1.82, 2.24) is 10.2 Å². The Morgan fingerprint density at radius 2 is 2.12 bits per heavy atom. The van der Waals surface area contributed by atoms with Crippen LogP contribution >= 0.6 is 0 Å². The van der Waals surface area contributed by atoms with Crippen molar-refractivity contribution in [2.45, 2.75) is 32.2 Å². The number of ether oxygens (including phenoxy) is 1. The van der Waals surface area contributed by atoms with E-state index in [1.54, 1.807) is 0 Å². The summed E-state index contributed by atoms with van der Waals surface area (Å²) in [7, 11) is 0. The Hall–Kier alpha value is -0.810. The molecule has 0 radical (unpaired) electrons. The van der Waals surface area contributed by atoms with E-state index in [1.165, 1.54) is 19.3 Å². The zero-order chi connectivity index (χ0) is 11.8. The van der Waals surface area contributed by atoms with Gasteiger partial charge in [-0.05, 0) is 32.9 Å². The second-order valence-corrected chi connectivity index (χ2v) is 4.27. The third-order valence-corrected chi connectivity index (χ3v) is 2.67. The first kappa shape index (κ1) is 13.3. The minimum absolute atomic E-state index is 0.0578. The first-order chi connectivity index (χ1) is 7.72. The number of carbonyl (C=O) groups is 1. The molecule has 1 fully saturated rings. The molecule has 0 aromatic carbocycles. The molecule has 1 atom stereocenters. The van der Waals surface area contributed by atoms with Crippen molar-refractivity contribution in [1.29, 1.82) is 0 Å². The van der Waals surface area contributed by atoms with E-state index < -0.39 is 6.09 Å². The Balaban J connectivity index is 2.13. The van der Waals surface area contributed by atoms with Gasteiger partial charge in [0, 0.05) is 12.6 Å². The number of amides is 1. The van der Waals surface area contributed by atoms with Gasteiger partial charge in [0.1, 0.15) is 6.61 Å². The van der Waals surface area contributed by atoms with Gasteiger partial charge in [-0.2, -0.15) is 0 Å². The van der Waals surface area contributed by atoms with Gasteiger partial charge >= 0.3 is 6.09 Å². The van der Waals surface area contributed by atoms with Gasteiger partial charge in [-0.25, -0.2) is 4.79 Å². The van der Waals surface area contributed by atoms with Crippen LogP contribution in [0.2, 0.25) is 0 Å². The molecule has 1 aliphatic rings. The van der Waals surface area contributed by atoms with Crippen molar-refractivity contribution in [3.05, 3.63) is 0 Å². The van der Waals surface area contributed by atoms with E-state index >= 15 is 0 Å². The van der Waals surface area contributed by atoms with Gasteiger partial charge in [0.15, 0.2) is 0 Å². The van der Waals surface area contributed by atoms with Gasteiger partial charge in [0.2, 0.25) is 0 Å². The summed E-state index contributed by atoms with van der Waals surface area (Å²) in [6, 6.07) is 0.0873. The Morgan fingerprint density at radius 3 is 2.75 bits per heavy atom. The summed E-state index contributed by atoms with van der Waals surface area (Å²) < 4.78 is 4.73. The van der Waals surface area contributed by atoms with E-state index in [0.717, 1.165) is 19.6 Å². The lowest BCUT2D eigenvalue weighted by atomic mass is 10.1. The summed E-state index contributed by atoms with van der Waals surface area (Å²) in [5, 5.41) is 11.2. The van der Waals surface area contributed by atoms with Crippen LogP contribution in [0, 0.1) is 0 Å². The van der Waals surface area contributed by atoms with E-state index in [9.17, 15) is 4.79 Å². The molecule has 1 amide bonds. The number of hydrogen-bond donors (Lipinski definition) is 2. The standard InChI is InChI=1S/C11H22N2O3/c1-10(12-11(15)16-8-7-14)9-13-5-3-2-4-6-13/h10,14H,2-9H2,1H3,(H,12,15). The smallest absolute Gasteiger partial charge is 0.407 e. The fourth-order valence-electron chi connectivity index (χ4n) is 1.96. The summed E-state index contributed by atoms with van der Waals surface area (Å²) in [5.41, 5.74) is 0. The normalized spacial score (nSPS) is 19.1. The van der Waals surface area contributed by atoms with Crippen molar-refractivity contribution >= 4 is 6.09 Å². The number of alkyl carbamates (subject to hydrolysis) is 1. The molecule has 16 heavy (non-hydrogen) atoms. The summed E-state index contributed by atoms with van der Waals surface area (Å²) in [6.07, 6.45) is 3.37. The molecule has 94 valence electrons. The van der Waals surface area contributed by atoms with Crippen LogP contribution in [-0.4, -0.2) is 55.0 Å². The number of nitrogens with one attached hydrogen (secondary N) is 1. The van der Waals surface area contributed by atoms with Crippen molar-refractivity contribution in [2.75, 3.05) is 32.8 Å².